The zero-order chi connectivity index (χ0) is 13.2. The first-order chi connectivity index (χ1) is 7.71. The summed E-state index contributed by atoms with van der Waals surface area (Å²) in [6.45, 7) is 1.17. The number of rotatable bonds is 2. The van der Waals surface area contributed by atoms with E-state index in [2.05, 4.69) is 0 Å². The van der Waals surface area contributed by atoms with Crippen molar-refractivity contribution in [2.75, 3.05) is 0 Å². The molecule has 1 rings (SSSR count). The summed E-state index contributed by atoms with van der Waals surface area (Å²) in [6.07, 6.45) is -3.74. The zero-order valence-corrected chi connectivity index (χ0v) is 8.68. The Morgan fingerprint density at radius 1 is 1.35 bits per heavy atom. The molecule has 1 N–H and O–H groups in total. The van der Waals surface area contributed by atoms with Gasteiger partial charge in [-0.1, -0.05) is 0 Å². The van der Waals surface area contributed by atoms with Gasteiger partial charge < -0.3 is 5.11 Å². The van der Waals surface area contributed by atoms with Gasteiger partial charge >= 0.3 is 12.1 Å². The van der Waals surface area contributed by atoms with Crippen LogP contribution < -0.4 is 0 Å². The molecule has 0 spiro atoms. The van der Waals surface area contributed by atoms with Crippen LogP contribution in [0.4, 0.5) is 17.6 Å². The van der Waals surface area contributed by atoms with Crippen LogP contribution in [0, 0.1) is 5.82 Å². The second-order valence-corrected chi connectivity index (χ2v) is 3.37. The van der Waals surface area contributed by atoms with E-state index in [1.807, 2.05) is 0 Å². The smallest absolute Gasteiger partial charge is 0.416 e. The normalized spacial score (nSPS) is 12.6. The van der Waals surface area contributed by atoms with E-state index < -0.39 is 29.1 Å². The minimum absolute atomic E-state index is 0.247. The summed E-state index contributed by atoms with van der Waals surface area (Å²) in [4.78, 5) is 10.5. The zero-order valence-electron chi connectivity index (χ0n) is 8.68. The summed E-state index contributed by atoms with van der Waals surface area (Å²) in [5, 5.41) is 8.55. The Balaban J connectivity index is 3.25. The molecule has 0 radical (unpaired) electrons. The molecule has 0 unspecified atom stereocenters. The Kier molecular flexibility index (Phi) is 3.55. The summed E-state index contributed by atoms with van der Waals surface area (Å²) in [6, 6.07) is 1.83. The molecule has 0 aliphatic rings. The molecule has 0 aromatic heterocycles. The molecule has 2 nitrogen and oxygen atoms in total. The van der Waals surface area contributed by atoms with Crippen LogP contribution in [0.3, 0.4) is 0 Å². The van der Waals surface area contributed by atoms with Gasteiger partial charge in [-0.15, -0.1) is 0 Å². The molecule has 0 aliphatic heterocycles. The average Bonchev–Trinajstić information content (AvgIpc) is 2.19. The Labute approximate surface area is 94.2 Å². The van der Waals surface area contributed by atoms with Gasteiger partial charge in [0.15, 0.2) is 0 Å². The molecule has 92 valence electrons. The van der Waals surface area contributed by atoms with Crippen LogP contribution in [0.25, 0.3) is 6.08 Å². The first-order valence-corrected chi connectivity index (χ1v) is 4.50. The Morgan fingerprint density at radius 2 is 1.94 bits per heavy atom. The van der Waals surface area contributed by atoms with Gasteiger partial charge in [0.2, 0.25) is 0 Å². The van der Waals surface area contributed by atoms with Gasteiger partial charge in [0.25, 0.3) is 0 Å². The van der Waals surface area contributed by atoms with Crippen molar-refractivity contribution in [3.05, 3.63) is 40.7 Å². The molecule has 0 atom stereocenters. The maximum Gasteiger partial charge on any atom is 0.416 e. The third-order valence-corrected chi connectivity index (χ3v) is 2.03. The number of aliphatic carboxylic acids is 1. The number of halogens is 4. The van der Waals surface area contributed by atoms with Crippen molar-refractivity contribution in [1.29, 1.82) is 0 Å². The fourth-order valence-electron chi connectivity index (χ4n) is 1.13. The molecule has 0 saturated heterocycles. The highest BCUT2D eigenvalue weighted by molar-refractivity contribution is 5.91. The highest BCUT2D eigenvalue weighted by Gasteiger charge is 2.30. The minimum Gasteiger partial charge on any atom is -0.478 e. The van der Waals surface area contributed by atoms with Crippen LogP contribution in [0.5, 0.6) is 0 Å². The molecule has 6 heteroatoms. The molecule has 0 saturated carbocycles. The van der Waals surface area contributed by atoms with Crippen LogP contribution in [0.15, 0.2) is 23.8 Å². The second kappa shape index (κ2) is 4.57. The van der Waals surface area contributed by atoms with Crippen LogP contribution in [-0.2, 0) is 11.0 Å². The molecule has 1 aromatic carbocycles. The first-order valence-electron chi connectivity index (χ1n) is 4.50. The third-order valence-electron chi connectivity index (χ3n) is 2.03. The van der Waals surface area contributed by atoms with Gasteiger partial charge in [-0.3, -0.25) is 0 Å². The van der Waals surface area contributed by atoms with Crippen molar-refractivity contribution in [3.8, 4) is 0 Å². The molecule has 17 heavy (non-hydrogen) atoms. The molecule has 1 aromatic rings. The van der Waals surface area contributed by atoms with Crippen molar-refractivity contribution in [2.45, 2.75) is 13.1 Å². The van der Waals surface area contributed by atoms with E-state index in [-0.39, 0.29) is 5.57 Å². The van der Waals surface area contributed by atoms with E-state index in [0.29, 0.717) is 18.2 Å². The summed E-state index contributed by atoms with van der Waals surface area (Å²) < 4.78 is 50.2. The summed E-state index contributed by atoms with van der Waals surface area (Å²) >= 11 is 0. The average molecular weight is 248 g/mol. The number of alkyl halides is 3. The van der Waals surface area contributed by atoms with Crippen molar-refractivity contribution in [1.82, 2.24) is 0 Å². The molecule has 0 aliphatic carbocycles. The van der Waals surface area contributed by atoms with Crippen LogP contribution in [0.1, 0.15) is 18.1 Å². The fraction of sp³-hybridized carbons (Fsp3) is 0.182. The van der Waals surface area contributed by atoms with Gasteiger partial charge in [-0.2, -0.15) is 13.2 Å². The Bertz CT molecular complexity index is 475. The second-order valence-electron chi connectivity index (χ2n) is 3.37. The maximum absolute atomic E-state index is 13.2. The fourth-order valence-corrected chi connectivity index (χ4v) is 1.13. The molecular formula is C11H8F4O2. The van der Waals surface area contributed by atoms with Gasteiger partial charge in [-0.05, 0) is 31.2 Å². The molecule has 0 bridgehead atoms. The summed E-state index contributed by atoms with van der Waals surface area (Å²) in [5.74, 6) is -2.22. The van der Waals surface area contributed by atoms with E-state index in [1.165, 1.54) is 6.92 Å². The molecule has 0 amide bonds. The Hall–Kier alpha value is -1.85. The van der Waals surface area contributed by atoms with Gasteiger partial charge in [0.1, 0.15) is 5.82 Å². The third kappa shape index (κ3) is 3.30. The molecular weight excluding hydrogens is 240 g/mol. The SMILES string of the molecule is C/C(=C\c1cc(C(F)(F)F)ccc1F)C(=O)O. The van der Waals surface area contributed by atoms with E-state index in [1.54, 1.807) is 0 Å². The largest absolute Gasteiger partial charge is 0.478 e. The van der Waals surface area contributed by atoms with Crippen LogP contribution in [-0.4, -0.2) is 11.1 Å². The van der Waals surface area contributed by atoms with E-state index in [9.17, 15) is 22.4 Å². The molecule has 0 fully saturated rings. The maximum atomic E-state index is 13.2. The topological polar surface area (TPSA) is 37.3 Å². The van der Waals surface area contributed by atoms with E-state index in [0.717, 1.165) is 6.08 Å². The quantitative estimate of drug-likeness (QED) is 0.643. The van der Waals surface area contributed by atoms with Crippen molar-refractivity contribution in [3.63, 3.8) is 0 Å². The number of carboxylic acid groups (broad SMARTS) is 1. The van der Waals surface area contributed by atoms with Crippen molar-refractivity contribution >= 4 is 12.0 Å². The number of hydrogen-bond donors (Lipinski definition) is 1. The lowest BCUT2D eigenvalue weighted by Crippen LogP contribution is -2.05. The van der Waals surface area contributed by atoms with Crippen LogP contribution in [0.2, 0.25) is 0 Å². The van der Waals surface area contributed by atoms with Gasteiger partial charge in [0.05, 0.1) is 5.56 Å². The predicted molar refractivity (Wildman–Crippen MR) is 52.7 cm³/mol. The van der Waals surface area contributed by atoms with Crippen molar-refractivity contribution in [2.24, 2.45) is 0 Å². The van der Waals surface area contributed by atoms with E-state index >= 15 is 0 Å². The lowest BCUT2D eigenvalue weighted by atomic mass is 10.1. The van der Waals surface area contributed by atoms with Crippen LogP contribution >= 0.6 is 0 Å². The first kappa shape index (κ1) is 13.2. The lowest BCUT2D eigenvalue weighted by Gasteiger charge is -2.08. The molecule has 0 heterocycles. The highest BCUT2D eigenvalue weighted by atomic mass is 19.4. The monoisotopic (exact) mass is 248 g/mol. The summed E-state index contributed by atoms with van der Waals surface area (Å²) in [7, 11) is 0. The van der Waals surface area contributed by atoms with Gasteiger partial charge in [-0.25, -0.2) is 9.18 Å². The number of carboxylic acids is 1. The highest BCUT2D eigenvalue weighted by Crippen LogP contribution is 2.30. The van der Waals surface area contributed by atoms with Crippen molar-refractivity contribution < 1.29 is 27.5 Å². The summed E-state index contributed by atoms with van der Waals surface area (Å²) in [5.41, 5.74) is -1.67. The number of benzene rings is 1. The van der Waals surface area contributed by atoms with E-state index in [4.69, 9.17) is 5.11 Å². The standard InChI is InChI=1S/C11H8F4O2/c1-6(10(16)17)4-7-5-8(11(13,14)15)2-3-9(7)12/h2-5H,1H3,(H,16,17)/b6-4+. The number of carbonyl (C=O) groups is 1. The Morgan fingerprint density at radius 3 is 2.41 bits per heavy atom. The number of hydrogen-bond acceptors (Lipinski definition) is 1. The van der Waals surface area contributed by atoms with Gasteiger partial charge in [0, 0.05) is 11.1 Å². The lowest BCUT2D eigenvalue weighted by molar-refractivity contribution is -0.137. The minimum atomic E-state index is -4.59. The predicted octanol–water partition coefficient (Wildman–Crippen LogP) is 3.33.